The number of likely N-dealkylation sites (N-methyl/N-ethyl adjacent to an activating group) is 1. The molecular weight excluding hydrogens is 181 g/mol. The molecule has 0 saturated heterocycles. The first kappa shape index (κ1) is 15.5. The van der Waals surface area contributed by atoms with E-state index in [1.165, 1.54) is 6.92 Å². The molecule has 0 aromatic heterocycles. The third kappa shape index (κ3) is 6.52. The van der Waals surface area contributed by atoms with E-state index >= 15 is 0 Å². The van der Waals surface area contributed by atoms with Crippen LogP contribution in [-0.2, 0) is 4.74 Å². The molecule has 0 saturated carbocycles. The van der Waals surface area contributed by atoms with Gasteiger partial charge in [0.25, 0.3) is 0 Å². The third-order valence-electron chi connectivity index (χ3n) is 1.34. The zero-order valence-corrected chi connectivity index (χ0v) is 9.91. The first-order valence-corrected chi connectivity index (χ1v) is 4.99. The van der Waals surface area contributed by atoms with Gasteiger partial charge >= 0.3 is 0 Å². The number of hydrogen-bond donors (Lipinski definition) is 1. The van der Waals surface area contributed by atoms with E-state index in [1.54, 1.807) is 7.05 Å². The Morgan fingerprint density at radius 2 is 1.93 bits per heavy atom. The summed E-state index contributed by atoms with van der Waals surface area (Å²) in [5.74, 6) is -0.123. The molecule has 0 aliphatic carbocycles. The fourth-order valence-electron chi connectivity index (χ4n) is 0.712. The average Bonchev–Trinajstić information content (AvgIpc) is 2.20. The maximum atomic E-state index is 12.8. The molecular formula is C11H22FNO. The summed E-state index contributed by atoms with van der Waals surface area (Å²) in [5, 5.41) is 2.74. The Hall–Kier alpha value is -0.990. The first-order chi connectivity index (χ1) is 6.63. The smallest absolute Gasteiger partial charge is 0.172 e. The highest BCUT2D eigenvalue weighted by Gasteiger charge is 2.06. The third-order valence-corrected chi connectivity index (χ3v) is 1.34. The van der Waals surface area contributed by atoms with Crippen LogP contribution in [0.3, 0.4) is 0 Å². The fourth-order valence-corrected chi connectivity index (χ4v) is 0.712. The lowest BCUT2D eigenvalue weighted by atomic mass is 10.3. The zero-order valence-electron chi connectivity index (χ0n) is 9.91. The molecule has 0 aromatic carbocycles. The van der Waals surface area contributed by atoms with Crippen LogP contribution >= 0.6 is 0 Å². The normalized spacial score (nSPS) is 10.7. The van der Waals surface area contributed by atoms with Crippen molar-refractivity contribution in [2.24, 2.45) is 0 Å². The minimum Gasteiger partial charge on any atom is -0.489 e. The van der Waals surface area contributed by atoms with Gasteiger partial charge in [0.15, 0.2) is 5.76 Å². The van der Waals surface area contributed by atoms with Gasteiger partial charge in [-0.3, -0.25) is 0 Å². The quantitative estimate of drug-likeness (QED) is 0.546. The van der Waals surface area contributed by atoms with Crippen LogP contribution in [0.4, 0.5) is 4.39 Å². The molecule has 0 aliphatic heterocycles. The van der Waals surface area contributed by atoms with E-state index in [-0.39, 0.29) is 11.6 Å². The fraction of sp³-hybridized carbons (Fsp3) is 0.636. The molecule has 0 fully saturated rings. The van der Waals surface area contributed by atoms with Gasteiger partial charge < -0.3 is 10.1 Å². The minimum atomic E-state index is -0.345. The molecule has 0 aliphatic rings. The number of nitrogens with one attached hydrogen (secondary N) is 1. The number of hydrogen-bond acceptors (Lipinski definition) is 2. The molecule has 2 nitrogen and oxygen atoms in total. The van der Waals surface area contributed by atoms with Gasteiger partial charge in [-0.2, -0.15) is 0 Å². The van der Waals surface area contributed by atoms with Crippen molar-refractivity contribution in [3.05, 3.63) is 23.9 Å². The second kappa shape index (κ2) is 10.1. The molecule has 0 atom stereocenters. The lowest BCUT2D eigenvalue weighted by Crippen LogP contribution is -2.10. The van der Waals surface area contributed by atoms with Gasteiger partial charge in [-0.15, -0.1) is 0 Å². The predicted molar refractivity (Wildman–Crippen MR) is 59.6 cm³/mol. The van der Waals surface area contributed by atoms with Crippen LogP contribution < -0.4 is 5.32 Å². The lowest BCUT2D eigenvalue weighted by molar-refractivity contribution is 0.207. The Morgan fingerprint density at radius 1 is 1.43 bits per heavy atom. The van der Waals surface area contributed by atoms with Crippen LogP contribution in [0, 0.1) is 0 Å². The van der Waals surface area contributed by atoms with Gasteiger partial charge in [0, 0.05) is 7.05 Å². The van der Waals surface area contributed by atoms with Gasteiger partial charge in [0.05, 0.1) is 12.3 Å². The van der Waals surface area contributed by atoms with Crippen LogP contribution in [0.2, 0.25) is 0 Å². The highest BCUT2D eigenvalue weighted by molar-refractivity contribution is 5.22. The van der Waals surface area contributed by atoms with Crippen LogP contribution in [0.1, 0.15) is 34.1 Å². The molecule has 3 heteroatoms. The van der Waals surface area contributed by atoms with E-state index in [1.807, 2.05) is 20.8 Å². The van der Waals surface area contributed by atoms with Gasteiger partial charge in [0.1, 0.15) is 5.83 Å². The molecule has 84 valence electrons. The maximum Gasteiger partial charge on any atom is 0.172 e. The number of halogens is 1. The molecule has 0 unspecified atom stereocenters. The van der Waals surface area contributed by atoms with Gasteiger partial charge in [-0.1, -0.05) is 27.4 Å². The summed E-state index contributed by atoms with van der Waals surface area (Å²) in [6.07, 6.45) is 0.855. The van der Waals surface area contributed by atoms with E-state index in [0.717, 1.165) is 6.42 Å². The van der Waals surface area contributed by atoms with E-state index < -0.39 is 0 Å². The predicted octanol–water partition coefficient (Wildman–Crippen LogP) is 3.37. The largest absolute Gasteiger partial charge is 0.489 e. The molecule has 0 bridgehead atoms. The molecule has 0 amide bonds. The number of allylic oxidation sites excluding steroid dienone is 1. The summed E-state index contributed by atoms with van der Waals surface area (Å²) >= 11 is 0. The monoisotopic (exact) mass is 203 g/mol. The second-order valence-electron chi connectivity index (χ2n) is 2.44. The number of ether oxygens (including phenoxy) is 1. The zero-order chi connectivity index (χ0) is 11.6. The summed E-state index contributed by atoms with van der Waals surface area (Å²) in [7, 11) is 1.68. The Bertz CT molecular complexity index is 184. The summed E-state index contributed by atoms with van der Waals surface area (Å²) < 4.78 is 17.9. The Labute approximate surface area is 86.8 Å². The molecule has 0 spiro atoms. The summed E-state index contributed by atoms with van der Waals surface area (Å²) in [4.78, 5) is 0. The van der Waals surface area contributed by atoms with Crippen molar-refractivity contribution < 1.29 is 9.13 Å². The van der Waals surface area contributed by atoms with Crippen LogP contribution in [0.15, 0.2) is 23.9 Å². The van der Waals surface area contributed by atoms with Crippen LogP contribution in [0.5, 0.6) is 0 Å². The van der Waals surface area contributed by atoms with Gasteiger partial charge in [-0.25, -0.2) is 4.39 Å². The minimum absolute atomic E-state index is 0.222. The van der Waals surface area contributed by atoms with Crippen molar-refractivity contribution in [3.8, 4) is 0 Å². The molecule has 0 aromatic rings. The van der Waals surface area contributed by atoms with Gasteiger partial charge in [0.2, 0.25) is 0 Å². The molecule has 0 heterocycles. The average molecular weight is 203 g/mol. The van der Waals surface area contributed by atoms with Crippen LogP contribution in [-0.4, -0.2) is 13.7 Å². The highest BCUT2D eigenvalue weighted by Crippen LogP contribution is 2.13. The van der Waals surface area contributed by atoms with Crippen molar-refractivity contribution >= 4 is 0 Å². The topological polar surface area (TPSA) is 21.3 Å². The molecule has 0 radical (unpaired) electrons. The summed E-state index contributed by atoms with van der Waals surface area (Å²) in [6.45, 7) is 11.4. The summed E-state index contributed by atoms with van der Waals surface area (Å²) in [6, 6.07) is 0. The van der Waals surface area contributed by atoms with Crippen molar-refractivity contribution in [2.75, 3.05) is 13.7 Å². The van der Waals surface area contributed by atoms with Gasteiger partial charge in [-0.05, 0) is 13.3 Å². The van der Waals surface area contributed by atoms with Crippen LogP contribution in [0.25, 0.3) is 0 Å². The molecule has 0 rings (SSSR count). The van der Waals surface area contributed by atoms with Crippen molar-refractivity contribution in [3.63, 3.8) is 0 Å². The van der Waals surface area contributed by atoms with E-state index in [0.29, 0.717) is 12.3 Å². The highest BCUT2D eigenvalue weighted by atomic mass is 19.1. The van der Waals surface area contributed by atoms with E-state index in [4.69, 9.17) is 4.74 Å². The lowest BCUT2D eigenvalue weighted by Gasteiger charge is -2.11. The van der Waals surface area contributed by atoms with Crippen molar-refractivity contribution in [1.82, 2.24) is 5.32 Å². The van der Waals surface area contributed by atoms with Crippen molar-refractivity contribution in [1.29, 1.82) is 0 Å². The SMILES string of the molecule is C=C(NC)/C(OCCC)=C(\C)F.CC. The molecule has 14 heavy (non-hydrogen) atoms. The van der Waals surface area contributed by atoms with E-state index in [9.17, 15) is 4.39 Å². The standard InChI is InChI=1S/C9H16FNO.C2H6/c1-5-6-12-9(7(2)10)8(3)11-4;1-2/h11H,3,5-6H2,1-2,4H3;1-2H3/b9-7-;. The Morgan fingerprint density at radius 3 is 2.21 bits per heavy atom. The van der Waals surface area contributed by atoms with E-state index in [2.05, 4.69) is 11.9 Å². The number of rotatable bonds is 5. The maximum absolute atomic E-state index is 12.8. The first-order valence-electron chi connectivity index (χ1n) is 4.99. The Kier molecular flexibility index (Phi) is 11.2. The molecule has 1 N–H and O–H groups in total. The van der Waals surface area contributed by atoms with Crippen molar-refractivity contribution in [2.45, 2.75) is 34.1 Å². The second-order valence-corrected chi connectivity index (χ2v) is 2.44. The Balaban J connectivity index is 0. The summed E-state index contributed by atoms with van der Waals surface area (Å²) in [5.41, 5.74) is 0.475.